The van der Waals surface area contributed by atoms with E-state index < -0.39 is 0 Å². The zero-order valence-electron chi connectivity index (χ0n) is 17.2. The molecule has 31 heavy (non-hydrogen) atoms. The lowest BCUT2D eigenvalue weighted by Crippen LogP contribution is -2.48. The summed E-state index contributed by atoms with van der Waals surface area (Å²) in [4.78, 5) is 20.6. The first-order valence-electron chi connectivity index (χ1n) is 10.1. The highest BCUT2D eigenvalue weighted by Gasteiger charge is 2.26. The minimum Gasteiger partial charge on any atom is -0.493 e. The fraction of sp³-hybridized carbons (Fsp3) is 0.261. The van der Waals surface area contributed by atoms with Crippen LogP contribution in [0.3, 0.4) is 0 Å². The molecule has 158 valence electrons. The molecule has 0 aliphatic carbocycles. The van der Waals surface area contributed by atoms with Gasteiger partial charge in [0, 0.05) is 37.8 Å². The Kier molecular flexibility index (Phi) is 6.03. The molecule has 0 N–H and O–H groups in total. The summed E-state index contributed by atoms with van der Waals surface area (Å²) in [5.41, 5.74) is 1.07. The van der Waals surface area contributed by atoms with E-state index in [1.807, 2.05) is 36.1 Å². The largest absolute Gasteiger partial charge is 0.493 e. The molecule has 0 spiro atoms. The zero-order valence-corrected chi connectivity index (χ0v) is 17.2. The Labute approximate surface area is 179 Å². The number of carbonyl (C=O) groups excluding carboxylic acids is 1. The summed E-state index contributed by atoms with van der Waals surface area (Å²) in [5.74, 6) is 1.82. The fourth-order valence-electron chi connectivity index (χ4n) is 3.41. The van der Waals surface area contributed by atoms with Crippen LogP contribution < -0.4 is 9.64 Å². The Morgan fingerprint density at radius 2 is 2.03 bits per heavy atom. The predicted octanol–water partition coefficient (Wildman–Crippen LogP) is 3.57. The van der Waals surface area contributed by atoms with Crippen LogP contribution in [0.2, 0.25) is 0 Å². The van der Waals surface area contributed by atoms with E-state index in [4.69, 9.17) is 13.6 Å². The maximum atomic E-state index is 12.6. The topological polar surface area (TPSA) is 95.7 Å². The molecule has 0 saturated carbocycles. The third kappa shape index (κ3) is 4.46. The first-order chi connectivity index (χ1) is 15.2. The Hall–Kier alpha value is -3.99. The van der Waals surface area contributed by atoms with Crippen molar-refractivity contribution in [2.45, 2.75) is 6.92 Å². The molecule has 0 radical (unpaired) electrons. The van der Waals surface area contributed by atoms with Crippen molar-refractivity contribution in [2.75, 3.05) is 37.7 Å². The quantitative estimate of drug-likeness (QED) is 0.565. The lowest BCUT2D eigenvalue weighted by atomic mass is 10.2. The van der Waals surface area contributed by atoms with E-state index in [-0.39, 0.29) is 17.5 Å². The lowest BCUT2D eigenvalue weighted by molar-refractivity contribution is -0.126. The molecule has 1 fully saturated rings. The van der Waals surface area contributed by atoms with Crippen LogP contribution in [0, 0.1) is 11.3 Å². The van der Waals surface area contributed by atoms with Gasteiger partial charge in [0.25, 0.3) is 5.89 Å². The molecule has 0 bridgehead atoms. The summed E-state index contributed by atoms with van der Waals surface area (Å²) in [6.07, 6.45) is 4.87. The molecular formula is C23H22N4O4. The Bertz CT molecular complexity index is 1100. The number of nitriles is 1. The molecule has 1 aromatic carbocycles. The SMILES string of the molecule is CCOc1ccccc1/C=C/C(=O)N1CCN(c2oc(-c3ccco3)nc2C#N)CC1. The third-order valence-corrected chi connectivity index (χ3v) is 4.95. The number of rotatable bonds is 6. The van der Waals surface area contributed by atoms with Gasteiger partial charge in [-0.2, -0.15) is 10.2 Å². The molecule has 1 aliphatic rings. The van der Waals surface area contributed by atoms with Gasteiger partial charge >= 0.3 is 0 Å². The van der Waals surface area contributed by atoms with Gasteiger partial charge in [-0.1, -0.05) is 18.2 Å². The van der Waals surface area contributed by atoms with Gasteiger partial charge in [-0.25, -0.2) is 0 Å². The number of aromatic nitrogens is 1. The maximum absolute atomic E-state index is 12.6. The molecule has 8 nitrogen and oxygen atoms in total. The standard InChI is InChI=1S/C23H22N4O4/c1-2-29-19-7-4-3-6-17(19)9-10-21(28)26-11-13-27(14-12-26)23-18(16-24)25-22(31-23)20-8-5-15-30-20/h3-10,15H,2,11-14H2,1H3/b10-9+. The average Bonchev–Trinajstić information content (AvgIpc) is 3.48. The molecular weight excluding hydrogens is 396 g/mol. The number of furan rings is 1. The minimum atomic E-state index is -0.0692. The van der Waals surface area contributed by atoms with Crippen LogP contribution >= 0.6 is 0 Å². The highest BCUT2D eigenvalue weighted by atomic mass is 16.5. The van der Waals surface area contributed by atoms with Crippen LogP contribution in [0.15, 0.2) is 57.6 Å². The van der Waals surface area contributed by atoms with E-state index in [9.17, 15) is 10.1 Å². The molecule has 0 atom stereocenters. The van der Waals surface area contributed by atoms with Crippen LogP contribution in [0.4, 0.5) is 5.88 Å². The number of hydrogen-bond donors (Lipinski definition) is 0. The first-order valence-corrected chi connectivity index (χ1v) is 10.1. The summed E-state index contributed by atoms with van der Waals surface area (Å²) < 4.78 is 16.7. The average molecular weight is 418 g/mol. The highest BCUT2D eigenvalue weighted by molar-refractivity contribution is 5.92. The Morgan fingerprint density at radius 1 is 1.23 bits per heavy atom. The molecule has 8 heteroatoms. The summed E-state index contributed by atoms with van der Waals surface area (Å²) in [5, 5.41) is 9.43. The van der Waals surface area contributed by atoms with Gasteiger partial charge < -0.3 is 23.4 Å². The maximum Gasteiger partial charge on any atom is 0.266 e. The highest BCUT2D eigenvalue weighted by Crippen LogP contribution is 2.29. The van der Waals surface area contributed by atoms with Crippen LogP contribution in [0.1, 0.15) is 18.2 Å². The number of benzene rings is 1. The van der Waals surface area contributed by atoms with E-state index in [1.54, 1.807) is 29.2 Å². The van der Waals surface area contributed by atoms with Crippen LogP contribution in [-0.4, -0.2) is 48.6 Å². The Balaban J connectivity index is 1.40. The number of oxazole rings is 1. The summed E-state index contributed by atoms with van der Waals surface area (Å²) in [7, 11) is 0. The smallest absolute Gasteiger partial charge is 0.266 e. The number of nitrogens with zero attached hydrogens (tertiary/aromatic N) is 4. The second-order valence-electron chi connectivity index (χ2n) is 6.88. The molecule has 3 aromatic rings. The van der Waals surface area contributed by atoms with Gasteiger partial charge in [0.1, 0.15) is 11.8 Å². The Morgan fingerprint density at radius 3 is 2.74 bits per heavy atom. The van der Waals surface area contributed by atoms with Crippen molar-refractivity contribution in [3.8, 4) is 23.5 Å². The lowest BCUT2D eigenvalue weighted by Gasteiger charge is -2.33. The minimum absolute atomic E-state index is 0.0692. The molecule has 0 unspecified atom stereocenters. The molecule has 3 heterocycles. The summed E-state index contributed by atoms with van der Waals surface area (Å²) in [6.45, 7) is 4.59. The van der Waals surface area contributed by atoms with E-state index in [0.29, 0.717) is 44.4 Å². The van der Waals surface area contributed by atoms with Crippen molar-refractivity contribution < 1.29 is 18.4 Å². The summed E-state index contributed by atoms with van der Waals surface area (Å²) in [6, 6.07) is 13.1. The van der Waals surface area contributed by atoms with Crippen molar-refractivity contribution in [2.24, 2.45) is 0 Å². The van der Waals surface area contributed by atoms with Gasteiger partial charge in [0.2, 0.25) is 17.5 Å². The van der Waals surface area contributed by atoms with Crippen molar-refractivity contribution in [1.82, 2.24) is 9.88 Å². The monoisotopic (exact) mass is 418 g/mol. The summed E-state index contributed by atoms with van der Waals surface area (Å²) >= 11 is 0. The number of hydrogen-bond acceptors (Lipinski definition) is 7. The van der Waals surface area contributed by atoms with Crippen LogP contribution in [-0.2, 0) is 4.79 Å². The fourth-order valence-corrected chi connectivity index (χ4v) is 3.41. The number of carbonyl (C=O) groups is 1. The first kappa shape index (κ1) is 20.3. The van der Waals surface area contributed by atoms with Gasteiger partial charge in [0.15, 0.2) is 5.76 Å². The van der Waals surface area contributed by atoms with E-state index in [2.05, 4.69) is 11.1 Å². The van der Waals surface area contributed by atoms with Gasteiger partial charge in [-0.3, -0.25) is 4.79 Å². The number of piperazine rings is 1. The number of ether oxygens (including phenoxy) is 1. The second kappa shape index (κ2) is 9.22. The number of para-hydroxylation sites is 1. The van der Waals surface area contributed by atoms with Crippen LogP contribution in [0.25, 0.3) is 17.7 Å². The van der Waals surface area contributed by atoms with Gasteiger partial charge in [-0.15, -0.1) is 0 Å². The molecule has 1 amide bonds. The normalized spacial score (nSPS) is 14.1. The molecule has 4 rings (SSSR count). The predicted molar refractivity (Wildman–Crippen MR) is 114 cm³/mol. The van der Waals surface area contributed by atoms with Crippen molar-refractivity contribution in [3.63, 3.8) is 0 Å². The second-order valence-corrected chi connectivity index (χ2v) is 6.88. The van der Waals surface area contributed by atoms with E-state index >= 15 is 0 Å². The van der Waals surface area contributed by atoms with Crippen molar-refractivity contribution in [3.05, 3.63) is 60.0 Å². The van der Waals surface area contributed by atoms with Gasteiger partial charge in [0.05, 0.1) is 12.9 Å². The number of anilines is 1. The van der Waals surface area contributed by atoms with E-state index in [1.165, 1.54) is 6.26 Å². The third-order valence-electron chi connectivity index (χ3n) is 4.95. The number of amides is 1. The van der Waals surface area contributed by atoms with Crippen molar-refractivity contribution >= 4 is 17.9 Å². The molecule has 1 aliphatic heterocycles. The molecule has 2 aromatic heterocycles. The molecule has 1 saturated heterocycles. The zero-order chi connectivity index (χ0) is 21.6. The van der Waals surface area contributed by atoms with Crippen LogP contribution in [0.5, 0.6) is 5.75 Å². The van der Waals surface area contributed by atoms with Gasteiger partial charge in [-0.05, 0) is 31.2 Å². The van der Waals surface area contributed by atoms with Crippen molar-refractivity contribution in [1.29, 1.82) is 5.26 Å². The van der Waals surface area contributed by atoms with E-state index in [0.717, 1.165) is 11.3 Å².